The molecule has 0 saturated carbocycles. The lowest BCUT2D eigenvalue weighted by Crippen LogP contribution is -2.24. The predicted molar refractivity (Wildman–Crippen MR) is 92.1 cm³/mol. The standard InChI is InChI=1S/C19H24ClN/c1-4-10-21-19(17-7-5-6-14(2)11-17)13-16-9-8-15(3)12-18(16)20/h5-9,11-12,19,21H,4,10,13H2,1-3H3. The molecule has 0 spiro atoms. The second-order valence-corrected chi connectivity index (χ2v) is 6.13. The van der Waals surface area contributed by atoms with E-state index in [9.17, 15) is 0 Å². The largest absolute Gasteiger partial charge is 0.310 e. The molecule has 21 heavy (non-hydrogen) atoms. The Bertz CT molecular complexity index is 592. The van der Waals surface area contributed by atoms with E-state index in [0.717, 1.165) is 24.4 Å². The number of hydrogen-bond acceptors (Lipinski definition) is 1. The normalized spacial score (nSPS) is 12.4. The molecule has 0 saturated heterocycles. The molecule has 0 radical (unpaired) electrons. The predicted octanol–water partition coefficient (Wildman–Crippen LogP) is 5.24. The van der Waals surface area contributed by atoms with Gasteiger partial charge in [-0.25, -0.2) is 0 Å². The Labute approximate surface area is 133 Å². The molecule has 0 aliphatic rings. The molecule has 2 aromatic carbocycles. The first kappa shape index (κ1) is 16.1. The van der Waals surface area contributed by atoms with E-state index in [1.807, 2.05) is 6.07 Å². The summed E-state index contributed by atoms with van der Waals surface area (Å²) < 4.78 is 0. The van der Waals surface area contributed by atoms with Crippen molar-refractivity contribution in [1.29, 1.82) is 0 Å². The van der Waals surface area contributed by atoms with E-state index < -0.39 is 0 Å². The number of benzene rings is 2. The van der Waals surface area contributed by atoms with Crippen molar-refractivity contribution < 1.29 is 0 Å². The van der Waals surface area contributed by atoms with Gasteiger partial charge in [-0.2, -0.15) is 0 Å². The first-order chi connectivity index (χ1) is 10.1. The molecule has 2 rings (SSSR count). The van der Waals surface area contributed by atoms with Gasteiger partial charge in [-0.15, -0.1) is 0 Å². The zero-order valence-corrected chi connectivity index (χ0v) is 13.9. The number of aryl methyl sites for hydroxylation is 2. The van der Waals surface area contributed by atoms with Gasteiger partial charge in [0.25, 0.3) is 0 Å². The first-order valence-corrected chi connectivity index (χ1v) is 8.03. The molecule has 2 heteroatoms. The van der Waals surface area contributed by atoms with Gasteiger partial charge in [-0.1, -0.05) is 60.5 Å². The fourth-order valence-electron chi connectivity index (χ4n) is 2.55. The third-order valence-electron chi connectivity index (χ3n) is 3.72. The molecular formula is C19H24ClN. The van der Waals surface area contributed by atoms with Gasteiger partial charge < -0.3 is 5.32 Å². The molecular weight excluding hydrogens is 278 g/mol. The van der Waals surface area contributed by atoms with Crippen LogP contribution in [-0.4, -0.2) is 6.54 Å². The maximum absolute atomic E-state index is 6.40. The fourth-order valence-corrected chi connectivity index (χ4v) is 2.86. The number of halogens is 1. The summed E-state index contributed by atoms with van der Waals surface area (Å²) in [5.74, 6) is 0. The molecule has 0 amide bonds. The Morgan fingerprint density at radius 1 is 1.05 bits per heavy atom. The third-order valence-corrected chi connectivity index (χ3v) is 4.07. The van der Waals surface area contributed by atoms with Gasteiger partial charge in [0, 0.05) is 11.1 Å². The third kappa shape index (κ3) is 4.59. The van der Waals surface area contributed by atoms with Crippen molar-refractivity contribution in [1.82, 2.24) is 5.32 Å². The van der Waals surface area contributed by atoms with Crippen molar-refractivity contribution in [3.8, 4) is 0 Å². The summed E-state index contributed by atoms with van der Waals surface area (Å²) in [6.45, 7) is 7.42. The van der Waals surface area contributed by atoms with Crippen LogP contribution in [0.1, 0.15) is 41.6 Å². The smallest absolute Gasteiger partial charge is 0.0441 e. The molecule has 0 bridgehead atoms. The zero-order valence-electron chi connectivity index (χ0n) is 13.1. The lowest BCUT2D eigenvalue weighted by molar-refractivity contribution is 0.529. The topological polar surface area (TPSA) is 12.0 Å². The summed E-state index contributed by atoms with van der Waals surface area (Å²) in [6.07, 6.45) is 2.05. The SMILES string of the molecule is CCCNC(Cc1ccc(C)cc1Cl)c1cccc(C)c1. The minimum atomic E-state index is 0.310. The van der Waals surface area contributed by atoms with Crippen molar-refractivity contribution in [2.45, 2.75) is 39.7 Å². The summed E-state index contributed by atoms with van der Waals surface area (Å²) in [7, 11) is 0. The minimum Gasteiger partial charge on any atom is -0.310 e. The highest BCUT2D eigenvalue weighted by molar-refractivity contribution is 6.31. The Kier molecular flexibility index (Phi) is 5.84. The average Bonchev–Trinajstić information content (AvgIpc) is 2.45. The van der Waals surface area contributed by atoms with Crippen molar-refractivity contribution in [3.05, 3.63) is 69.7 Å². The van der Waals surface area contributed by atoms with Crippen LogP contribution in [0.2, 0.25) is 5.02 Å². The lowest BCUT2D eigenvalue weighted by Gasteiger charge is -2.20. The molecule has 0 aliphatic carbocycles. The van der Waals surface area contributed by atoms with Crippen molar-refractivity contribution in [2.75, 3.05) is 6.54 Å². The van der Waals surface area contributed by atoms with E-state index in [4.69, 9.17) is 11.6 Å². The highest BCUT2D eigenvalue weighted by Gasteiger charge is 2.13. The molecule has 0 aromatic heterocycles. The van der Waals surface area contributed by atoms with Crippen LogP contribution in [-0.2, 0) is 6.42 Å². The van der Waals surface area contributed by atoms with Crippen LogP contribution in [0, 0.1) is 13.8 Å². The summed E-state index contributed by atoms with van der Waals surface area (Å²) in [5.41, 5.74) is 5.04. The highest BCUT2D eigenvalue weighted by Crippen LogP contribution is 2.25. The van der Waals surface area contributed by atoms with Gasteiger partial charge >= 0.3 is 0 Å². The van der Waals surface area contributed by atoms with Crippen molar-refractivity contribution in [2.24, 2.45) is 0 Å². The van der Waals surface area contributed by atoms with Gasteiger partial charge in [-0.3, -0.25) is 0 Å². The van der Waals surface area contributed by atoms with Crippen LogP contribution in [0.15, 0.2) is 42.5 Å². The summed E-state index contributed by atoms with van der Waals surface area (Å²) in [5, 5.41) is 4.51. The van der Waals surface area contributed by atoms with Crippen LogP contribution in [0.4, 0.5) is 0 Å². The van der Waals surface area contributed by atoms with Crippen molar-refractivity contribution in [3.63, 3.8) is 0 Å². The summed E-state index contributed by atoms with van der Waals surface area (Å²) in [4.78, 5) is 0. The van der Waals surface area contributed by atoms with E-state index in [-0.39, 0.29) is 0 Å². The van der Waals surface area contributed by atoms with Gasteiger partial charge in [-0.05, 0) is 56.0 Å². The van der Waals surface area contributed by atoms with Gasteiger partial charge in [0.1, 0.15) is 0 Å². The highest BCUT2D eigenvalue weighted by atomic mass is 35.5. The lowest BCUT2D eigenvalue weighted by atomic mass is 9.97. The van der Waals surface area contributed by atoms with E-state index in [1.54, 1.807) is 0 Å². The van der Waals surface area contributed by atoms with E-state index in [1.165, 1.54) is 22.3 Å². The quantitative estimate of drug-likeness (QED) is 0.769. The fraction of sp³-hybridized carbons (Fsp3) is 0.368. The molecule has 112 valence electrons. The number of hydrogen-bond donors (Lipinski definition) is 1. The van der Waals surface area contributed by atoms with Gasteiger partial charge in [0.2, 0.25) is 0 Å². The zero-order chi connectivity index (χ0) is 15.2. The van der Waals surface area contributed by atoms with E-state index in [2.05, 4.69) is 62.5 Å². The Morgan fingerprint density at radius 2 is 1.81 bits per heavy atom. The summed E-state index contributed by atoms with van der Waals surface area (Å²) in [6, 6.07) is 15.4. The van der Waals surface area contributed by atoms with E-state index in [0.29, 0.717) is 6.04 Å². The maximum atomic E-state index is 6.40. The minimum absolute atomic E-state index is 0.310. The summed E-state index contributed by atoms with van der Waals surface area (Å²) >= 11 is 6.40. The van der Waals surface area contributed by atoms with Crippen molar-refractivity contribution >= 4 is 11.6 Å². The second-order valence-electron chi connectivity index (χ2n) is 5.72. The molecule has 1 unspecified atom stereocenters. The molecule has 0 aliphatic heterocycles. The average molecular weight is 302 g/mol. The molecule has 0 fully saturated rings. The molecule has 1 N–H and O–H groups in total. The molecule has 1 atom stereocenters. The van der Waals surface area contributed by atoms with Gasteiger partial charge in [0.05, 0.1) is 0 Å². The molecule has 1 nitrogen and oxygen atoms in total. The Morgan fingerprint density at radius 3 is 2.48 bits per heavy atom. The van der Waals surface area contributed by atoms with Crippen LogP contribution < -0.4 is 5.32 Å². The Balaban J connectivity index is 2.23. The maximum Gasteiger partial charge on any atom is 0.0441 e. The van der Waals surface area contributed by atoms with Crippen LogP contribution in [0.5, 0.6) is 0 Å². The van der Waals surface area contributed by atoms with Gasteiger partial charge in [0.15, 0.2) is 0 Å². The number of rotatable bonds is 6. The van der Waals surface area contributed by atoms with Crippen LogP contribution in [0.3, 0.4) is 0 Å². The first-order valence-electron chi connectivity index (χ1n) is 7.65. The number of nitrogens with one attached hydrogen (secondary N) is 1. The van der Waals surface area contributed by atoms with E-state index >= 15 is 0 Å². The monoisotopic (exact) mass is 301 g/mol. The Hall–Kier alpha value is -1.31. The van der Waals surface area contributed by atoms with Crippen LogP contribution >= 0.6 is 11.6 Å². The van der Waals surface area contributed by atoms with Crippen LogP contribution in [0.25, 0.3) is 0 Å². The second kappa shape index (κ2) is 7.63. The molecule has 2 aromatic rings. The molecule has 0 heterocycles.